The van der Waals surface area contributed by atoms with Crippen LogP contribution in [-0.2, 0) is 16.0 Å². The Morgan fingerprint density at radius 3 is 2.88 bits per heavy atom. The Kier molecular flexibility index (Phi) is 6.85. The molecule has 1 aromatic carbocycles. The van der Waals surface area contributed by atoms with Crippen molar-refractivity contribution >= 4 is 34.2 Å². The Bertz CT molecular complexity index is 1070. The molecule has 2 saturated heterocycles. The van der Waals surface area contributed by atoms with Crippen LogP contribution in [0.1, 0.15) is 37.9 Å². The fraction of sp³-hybridized carbons (Fsp3) is 0.565. The number of nitrogens with one attached hydrogen (secondary N) is 1. The number of aromatic nitrogens is 4. The predicted octanol–water partition coefficient (Wildman–Crippen LogP) is 2.69. The Labute approximate surface area is 192 Å². The summed E-state index contributed by atoms with van der Waals surface area (Å²) >= 11 is 1.40. The first-order valence-corrected chi connectivity index (χ1v) is 12.6. The molecule has 32 heavy (non-hydrogen) atoms. The maximum Gasteiger partial charge on any atom is 0.230 e. The van der Waals surface area contributed by atoms with Crippen molar-refractivity contribution in [2.45, 2.75) is 49.8 Å². The Morgan fingerprint density at radius 2 is 2.03 bits per heavy atom. The fourth-order valence-corrected chi connectivity index (χ4v) is 5.20. The number of rotatable bonds is 8. The number of likely N-dealkylation sites (tertiary alicyclic amines) is 1. The molecule has 1 atom stereocenters. The van der Waals surface area contributed by atoms with Crippen molar-refractivity contribution in [3.8, 4) is 0 Å². The summed E-state index contributed by atoms with van der Waals surface area (Å²) in [5.74, 6) is 1.10. The molecule has 0 unspecified atom stereocenters. The highest BCUT2D eigenvalue weighted by Crippen LogP contribution is 2.24. The number of hydrogen-bond donors (Lipinski definition) is 1. The molecule has 2 fully saturated rings. The summed E-state index contributed by atoms with van der Waals surface area (Å²) in [6.07, 6.45) is 6.95. The second-order valence-corrected chi connectivity index (χ2v) is 9.50. The van der Waals surface area contributed by atoms with Gasteiger partial charge in [-0.1, -0.05) is 30.3 Å². The Morgan fingerprint density at radius 1 is 1.16 bits per heavy atom. The first-order valence-electron chi connectivity index (χ1n) is 11.6. The SMILES string of the molecule is O=C(CSc1nc2ccccc2c2nc(CCN3CCCCC3)nn12)NC[C@@H]1CCCO1. The molecule has 170 valence electrons. The first kappa shape index (κ1) is 21.6. The van der Waals surface area contributed by atoms with Gasteiger partial charge >= 0.3 is 0 Å². The standard InChI is InChI=1S/C23H30N6O2S/c30-21(24-15-17-7-6-14-31-17)16-32-23-25-19-9-3-2-8-18(19)22-26-20(27-29(22)23)10-13-28-11-4-1-5-12-28/h2-3,8-9,17H,1,4-7,10-16H2,(H,24,30)/t17-/m0/s1. The molecular formula is C23H30N6O2S. The molecule has 9 heteroatoms. The lowest BCUT2D eigenvalue weighted by molar-refractivity contribution is -0.119. The van der Waals surface area contributed by atoms with Gasteiger partial charge in [-0.15, -0.1) is 5.10 Å². The van der Waals surface area contributed by atoms with E-state index in [0.29, 0.717) is 11.7 Å². The minimum absolute atomic E-state index is 0.0148. The first-order chi connectivity index (χ1) is 15.8. The Balaban J connectivity index is 1.31. The van der Waals surface area contributed by atoms with Crippen molar-refractivity contribution in [1.82, 2.24) is 29.8 Å². The highest BCUT2D eigenvalue weighted by atomic mass is 32.2. The van der Waals surface area contributed by atoms with Gasteiger partial charge in [0.05, 0.1) is 17.4 Å². The predicted molar refractivity (Wildman–Crippen MR) is 125 cm³/mol. The third kappa shape index (κ3) is 5.05. The molecule has 5 rings (SSSR count). The van der Waals surface area contributed by atoms with Gasteiger partial charge < -0.3 is 15.0 Å². The molecule has 0 bridgehead atoms. The molecule has 0 saturated carbocycles. The lowest BCUT2D eigenvalue weighted by Crippen LogP contribution is -2.33. The van der Waals surface area contributed by atoms with Gasteiger partial charge in [0.1, 0.15) is 0 Å². The summed E-state index contributed by atoms with van der Waals surface area (Å²) in [7, 11) is 0. The van der Waals surface area contributed by atoms with Crippen LogP contribution in [0, 0.1) is 0 Å². The van der Waals surface area contributed by atoms with Crippen molar-refractivity contribution in [2.75, 3.05) is 38.5 Å². The van der Waals surface area contributed by atoms with E-state index in [9.17, 15) is 4.79 Å². The minimum atomic E-state index is -0.0148. The van der Waals surface area contributed by atoms with Crippen LogP contribution >= 0.6 is 11.8 Å². The highest BCUT2D eigenvalue weighted by Gasteiger charge is 2.18. The van der Waals surface area contributed by atoms with E-state index < -0.39 is 0 Å². The van der Waals surface area contributed by atoms with E-state index in [0.717, 1.165) is 54.8 Å². The number of thioether (sulfide) groups is 1. The second-order valence-electron chi connectivity index (χ2n) is 8.56. The number of piperidine rings is 1. The van der Waals surface area contributed by atoms with Crippen molar-refractivity contribution in [2.24, 2.45) is 0 Å². The lowest BCUT2D eigenvalue weighted by atomic mass is 10.1. The molecule has 2 aliphatic rings. The molecule has 3 aromatic rings. The van der Waals surface area contributed by atoms with Gasteiger partial charge in [0, 0.05) is 31.5 Å². The summed E-state index contributed by atoms with van der Waals surface area (Å²) < 4.78 is 7.39. The van der Waals surface area contributed by atoms with Crippen LogP contribution in [0.4, 0.5) is 0 Å². The zero-order valence-corrected chi connectivity index (χ0v) is 19.1. The summed E-state index contributed by atoms with van der Waals surface area (Å²) in [5, 5.41) is 9.44. The Hall–Kier alpha value is -2.23. The number of para-hydroxylation sites is 1. The van der Waals surface area contributed by atoms with Gasteiger partial charge in [0.25, 0.3) is 0 Å². The zero-order chi connectivity index (χ0) is 21.8. The summed E-state index contributed by atoms with van der Waals surface area (Å²) in [6, 6.07) is 7.99. The maximum absolute atomic E-state index is 12.4. The molecule has 1 amide bonds. The van der Waals surface area contributed by atoms with Crippen LogP contribution in [-0.4, -0.2) is 75.0 Å². The van der Waals surface area contributed by atoms with Crippen LogP contribution in [0.3, 0.4) is 0 Å². The maximum atomic E-state index is 12.4. The van der Waals surface area contributed by atoms with E-state index >= 15 is 0 Å². The van der Waals surface area contributed by atoms with Gasteiger partial charge in [-0.05, 0) is 50.9 Å². The quantitative estimate of drug-likeness (QED) is 0.414. The number of nitrogens with zero attached hydrogens (tertiary/aromatic N) is 5. The monoisotopic (exact) mass is 454 g/mol. The molecule has 2 aliphatic heterocycles. The zero-order valence-electron chi connectivity index (χ0n) is 18.3. The number of carbonyl (C=O) groups excluding carboxylic acids is 1. The topological polar surface area (TPSA) is 84.7 Å². The van der Waals surface area contributed by atoms with Crippen molar-refractivity contribution in [3.63, 3.8) is 0 Å². The van der Waals surface area contributed by atoms with E-state index in [1.54, 1.807) is 0 Å². The number of benzene rings is 1. The number of hydrogen-bond acceptors (Lipinski definition) is 7. The number of fused-ring (bicyclic) bond motifs is 3. The minimum Gasteiger partial charge on any atom is -0.376 e. The summed E-state index contributed by atoms with van der Waals surface area (Å²) in [5.41, 5.74) is 1.68. The smallest absolute Gasteiger partial charge is 0.230 e. The van der Waals surface area contributed by atoms with Crippen molar-refractivity contribution in [1.29, 1.82) is 0 Å². The van der Waals surface area contributed by atoms with Crippen LogP contribution in [0.15, 0.2) is 29.4 Å². The normalized spacial score (nSPS) is 19.7. The van der Waals surface area contributed by atoms with Gasteiger partial charge in [-0.2, -0.15) is 4.52 Å². The average Bonchev–Trinajstić information content (AvgIpc) is 3.51. The van der Waals surface area contributed by atoms with E-state index in [-0.39, 0.29) is 17.8 Å². The molecule has 8 nitrogen and oxygen atoms in total. The van der Waals surface area contributed by atoms with Crippen molar-refractivity contribution < 1.29 is 9.53 Å². The van der Waals surface area contributed by atoms with Gasteiger partial charge in [-0.3, -0.25) is 4.79 Å². The van der Waals surface area contributed by atoms with Crippen LogP contribution in [0.25, 0.3) is 16.6 Å². The largest absolute Gasteiger partial charge is 0.376 e. The molecule has 2 aromatic heterocycles. The average molecular weight is 455 g/mol. The van der Waals surface area contributed by atoms with Gasteiger partial charge in [0.2, 0.25) is 5.91 Å². The van der Waals surface area contributed by atoms with E-state index in [2.05, 4.69) is 10.2 Å². The molecule has 4 heterocycles. The van der Waals surface area contributed by atoms with Crippen LogP contribution in [0.5, 0.6) is 0 Å². The molecular weight excluding hydrogens is 424 g/mol. The van der Waals surface area contributed by atoms with E-state index in [4.69, 9.17) is 19.8 Å². The van der Waals surface area contributed by atoms with Gasteiger partial charge in [0.15, 0.2) is 16.6 Å². The van der Waals surface area contributed by atoms with Crippen molar-refractivity contribution in [3.05, 3.63) is 30.1 Å². The fourth-order valence-electron chi connectivity index (χ4n) is 4.43. The van der Waals surface area contributed by atoms with E-state index in [1.807, 2.05) is 28.8 Å². The summed E-state index contributed by atoms with van der Waals surface area (Å²) in [4.78, 5) is 24.5. The third-order valence-electron chi connectivity index (χ3n) is 6.18. The molecule has 0 spiro atoms. The van der Waals surface area contributed by atoms with E-state index in [1.165, 1.54) is 44.1 Å². The van der Waals surface area contributed by atoms with Crippen LogP contribution < -0.4 is 5.32 Å². The highest BCUT2D eigenvalue weighted by molar-refractivity contribution is 7.99. The second kappa shape index (κ2) is 10.1. The van der Waals surface area contributed by atoms with Crippen LogP contribution in [0.2, 0.25) is 0 Å². The number of ether oxygens (including phenoxy) is 1. The molecule has 1 N–H and O–H groups in total. The third-order valence-corrected chi connectivity index (χ3v) is 7.11. The molecule has 0 radical (unpaired) electrons. The summed E-state index contributed by atoms with van der Waals surface area (Å²) in [6.45, 7) is 4.68. The lowest BCUT2D eigenvalue weighted by Gasteiger charge is -2.25. The number of carbonyl (C=O) groups is 1. The van der Waals surface area contributed by atoms with Gasteiger partial charge in [-0.25, -0.2) is 9.97 Å². The molecule has 0 aliphatic carbocycles. The number of amides is 1.